The van der Waals surface area contributed by atoms with E-state index in [2.05, 4.69) is 0 Å². The standard InChI is InChI=1S/C18H30O6/c1-18(2)23-14-9-5-3-7-11-21-16(19)13-17(20)22-12-8-4-6-10-15(14)24-18/h14-15H,3-13H2,1-2H3/t14-,15-/m0/s1. The molecule has 2 atom stereocenters. The number of fused-ring (bicyclic) bond motifs is 1. The van der Waals surface area contributed by atoms with Gasteiger partial charge in [-0.3, -0.25) is 9.59 Å². The number of carbonyl (C=O) groups excluding carboxylic acids is 2. The maximum absolute atomic E-state index is 11.5. The minimum absolute atomic E-state index is 0.135. The molecule has 0 N–H and O–H groups in total. The van der Waals surface area contributed by atoms with E-state index < -0.39 is 17.7 Å². The zero-order valence-corrected chi connectivity index (χ0v) is 14.9. The Balaban J connectivity index is 1.84. The molecule has 0 aromatic heterocycles. The van der Waals surface area contributed by atoms with Gasteiger partial charge in [-0.2, -0.15) is 0 Å². The molecule has 2 fully saturated rings. The highest BCUT2D eigenvalue weighted by molar-refractivity contribution is 5.91. The Hall–Kier alpha value is -1.14. The smallest absolute Gasteiger partial charge is 0.317 e. The summed E-state index contributed by atoms with van der Waals surface area (Å²) in [5.74, 6) is -1.52. The van der Waals surface area contributed by atoms with E-state index in [1.807, 2.05) is 13.8 Å². The fourth-order valence-electron chi connectivity index (χ4n) is 3.24. The van der Waals surface area contributed by atoms with Gasteiger partial charge in [0.05, 0.1) is 25.4 Å². The SMILES string of the molecule is CC1(C)O[C@H]2CCCCCOC(=O)CC(=O)OCCCCC[C@@H]2O1. The van der Waals surface area contributed by atoms with Crippen molar-refractivity contribution < 1.29 is 28.5 Å². The molecule has 2 rings (SSSR count). The van der Waals surface area contributed by atoms with Crippen LogP contribution in [0, 0.1) is 0 Å². The number of rotatable bonds is 0. The Morgan fingerprint density at radius 3 is 1.67 bits per heavy atom. The normalized spacial score (nSPS) is 30.8. The first-order valence-electron chi connectivity index (χ1n) is 9.13. The van der Waals surface area contributed by atoms with E-state index >= 15 is 0 Å². The van der Waals surface area contributed by atoms with Crippen LogP contribution in [0.1, 0.15) is 71.6 Å². The van der Waals surface area contributed by atoms with E-state index in [4.69, 9.17) is 18.9 Å². The van der Waals surface area contributed by atoms with Gasteiger partial charge < -0.3 is 18.9 Å². The number of ether oxygens (including phenoxy) is 4. The van der Waals surface area contributed by atoms with Gasteiger partial charge in [0.25, 0.3) is 0 Å². The van der Waals surface area contributed by atoms with Crippen molar-refractivity contribution in [2.24, 2.45) is 0 Å². The lowest BCUT2D eigenvalue weighted by Crippen LogP contribution is -2.22. The molecule has 0 aromatic rings. The predicted molar refractivity (Wildman–Crippen MR) is 87.3 cm³/mol. The van der Waals surface area contributed by atoms with Crippen LogP contribution < -0.4 is 0 Å². The summed E-state index contributed by atoms with van der Waals surface area (Å²) in [6, 6.07) is 0. The maximum atomic E-state index is 11.5. The highest BCUT2D eigenvalue weighted by Gasteiger charge is 2.40. The molecule has 6 nitrogen and oxygen atoms in total. The lowest BCUT2D eigenvalue weighted by Gasteiger charge is -2.16. The topological polar surface area (TPSA) is 71.1 Å². The van der Waals surface area contributed by atoms with Crippen molar-refractivity contribution in [3.05, 3.63) is 0 Å². The van der Waals surface area contributed by atoms with Crippen LogP contribution in [0.4, 0.5) is 0 Å². The highest BCUT2D eigenvalue weighted by Crippen LogP contribution is 2.33. The zero-order valence-electron chi connectivity index (χ0n) is 14.9. The third-order valence-corrected chi connectivity index (χ3v) is 4.37. The maximum Gasteiger partial charge on any atom is 0.317 e. The number of esters is 2. The molecule has 0 saturated carbocycles. The van der Waals surface area contributed by atoms with Crippen LogP contribution in [0.25, 0.3) is 0 Å². The molecule has 2 heterocycles. The molecule has 0 bridgehead atoms. The second-order valence-corrected chi connectivity index (χ2v) is 7.03. The molecule has 0 amide bonds. The quantitative estimate of drug-likeness (QED) is 0.497. The molecule has 0 radical (unpaired) electrons. The van der Waals surface area contributed by atoms with Gasteiger partial charge in [-0.25, -0.2) is 0 Å². The number of hydrogen-bond donors (Lipinski definition) is 0. The molecular formula is C18H30O6. The summed E-state index contributed by atoms with van der Waals surface area (Å²) in [6.45, 7) is 4.63. The average molecular weight is 342 g/mol. The molecule has 2 aliphatic heterocycles. The second kappa shape index (κ2) is 9.37. The van der Waals surface area contributed by atoms with Gasteiger partial charge in [-0.1, -0.05) is 12.8 Å². The molecule has 0 aliphatic carbocycles. The molecule has 0 unspecified atom stereocenters. The average Bonchev–Trinajstić information content (AvgIpc) is 2.79. The van der Waals surface area contributed by atoms with Gasteiger partial charge in [-0.15, -0.1) is 0 Å². The third kappa shape index (κ3) is 6.77. The first kappa shape index (κ1) is 19.2. The van der Waals surface area contributed by atoms with E-state index in [1.54, 1.807) is 0 Å². The number of hydrogen-bond acceptors (Lipinski definition) is 6. The van der Waals surface area contributed by atoms with Crippen molar-refractivity contribution >= 4 is 11.9 Å². The minimum atomic E-state index is -0.513. The Kier molecular flexibility index (Phi) is 7.49. The van der Waals surface area contributed by atoms with E-state index in [0.717, 1.165) is 51.4 Å². The van der Waals surface area contributed by atoms with E-state index in [1.165, 1.54) is 0 Å². The summed E-state index contributed by atoms with van der Waals surface area (Å²) in [4.78, 5) is 23.0. The highest BCUT2D eigenvalue weighted by atomic mass is 16.7. The van der Waals surface area contributed by atoms with Crippen LogP contribution in [0.2, 0.25) is 0 Å². The Bertz CT molecular complexity index is 384. The van der Waals surface area contributed by atoms with Crippen LogP contribution in [0.5, 0.6) is 0 Å². The molecule has 138 valence electrons. The minimum Gasteiger partial charge on any atom is -0.465 e. The first-order valence-corrected chi connectivity index (χ1v) is 9.13. The van der Waals surface area contributed by atoms with Crippen LogP contribution in [0.15, 0.2) is 0 Å². The summed E-state index contributed by atoms with van der Waals surface area (Å²) < 4.78 is 22.2. The Morgan fingerprint density at radius 1 is 0.750 bits per heavy atom. The number of cyclic esters (lactones) is 2. The van der Waals surface area contributed by atoms with Crippen molar-refractivity contribution in [2.75, 3.05) is 13.2 Å². The molecule has 0 spiro atoms. The third-order valence-electron chi connectivity index (χ3n) is 4.37. The molecular weight excluding hydrogens is 312 g/mol. The summed E-state index contributed by atoms with van der Waals surface area (Å²) >= 11 is 0. The van der Waals surface area contributed by atoms with E-state index in [0.29, 0.717) is 13.2 Å². The van der Waals surface area contributed by atoms with Gasteiger partial charge in [0.1, 0.15) is 6.42 Å². The monoisotopic (exact) mass is 342 g/mol. The summed E-state index contributed by atoms with van der Waals surface area (Å²) in [5.41, 5.74) is 0. The molecule has 2 saturated heterocycles. The van der Waals surface area contributed by atoms with Gasteiger partial charge in [0.15, 0.2) is 5.79 Å². The molecule has 6 heteroatoms. The summed E-state index contributed by atoms with van der Waals surface area (Å²) in [7, 11) is 0. The fourth-order valence-corrected chi connectivity index (χ4v) is 3.24. The van der Waals surface area contributed by atoms with Gasteiger partial charge in [0.2, 0.25) is 0 Å². The lowest BCUT2D eigenvalue weighted by molar-refractivity contribution is -0.155. The Morgan fingerprint density at radius 2 is 1.21 bits per heavy atom. The zero-order chi connectivity index (χ0) is 17.4. The Labute approximate surface area is 144 Å². The van der Waals surface area contributed by atoms with E-state index in [-0.39, 0.29) is 18.6 Å². The molecule has 24 heavy (non-hydrogen) atoms. The van der Waals surface area contributed by atoms with Crippen molar-refractivity contribution in [3.63, 3.8) is 0 Å². The van der Waals surface area contributed by atoms with Crippen LogP contribution in [0.3, 0.4) is 0 Å². The van der Waals surface area contributed by atoms with Gasteiger partial charge in [-0.05, 0) is 52.4 Å². The van der Waals surface area contributed by atoms with Crippen LogP contribution in [-0.2, 0) is 28.5 Å². The van der Waals surface area contributed by atoms with Crippen molar-refractivity contribution in [1.29, 1.82) is 0 Å². The van der Waals surface area contributed by atoms with Crippen molar-refractivity contribution in [1.82, 2.24) is 0 Å². The molecule has 0 aromatic carbocycles. The fraction of sp³-hybridized carbons (Fsp3) is 0.889. The van der Waals surface area contributed by atoms with Crippen molar-refractivity contribution in [2.45, 2.75) is 89.6 Å². The lowest BCUT2D eigenvalue weighted by atomic mass is 10.0. The van der Waals surface area contributed by atoms with Crippen LogP contribution >= 0.6 is 0 Å². The number of carbonyl (C=O) groups is 2. The second-order valence-electron chi connectivity index (χ2n) is 7.03. The summed E-state index contributed by atoms with van der Waals surface area (Å²) in [6.07, 6.45) is 7.45. The predicted octanol–water partition coefficient (Wildman–Crippen LogP) is 3.12. The van der Waals surface area contributed by atoms with Crippen molar-refractivity contribution in [3.8, 4) is 0 Å². The van der Waals surface area contributed by atoms with E-state index in [9.17, 15) is 9.59 Å². The van der Waals surface area contributed by atoms with Gasteiger partial charge >= 0.3 is 11.9 Å². The van der Waals surface area contributed by atoms with Gasteiger partial charge in [0, 0.05) is 0 Å². The largest absolute Gasteiger partial charge is 0.465 e. The first-order chi connectivity index (χ1) is 11.5. The van der Waals surface area contributed by atoms with Crippen LogP contribution in [-0.4, -0.2) is 43.1 Å². The molecule has 2 aliphatic rings. The summed E-state index contributed by atoms with van der Waals surface area (Å²) in [5, 5.41) is 0.